The molecule has 0 bridgehead atoms. The molecule has 2 aromatic heterocycles. The van der Waals surface area contributed by atoms with Crippen LogP contribution in [0.4, 0.5) is 0 Å². The van der Waals surface area contributed by atoms with Gasteiger partial charge in [-0.15, -0.1) is 0 Å². The topological polar surface area (TPSA) is 94.2 Å². The van der Waals surface area contributed by atoms with Crippen LogP contribution in [0.15, 0.2) is 24.3 Å². The van der Waals surface area contributed by atoms with E-state index < -0.39 is 11.9 Å². The highest BCUT2D eigenvalue weighted by Crippen LogP contribution is 2.20. The maximum atomic E-state index is 12.4. The molecular weight excluding hydrogens is 334 g/mol. The quantitative estimate of drug-likeness (QED) is 0.725. The van der Waals surface area contributed by atoms with Crippen molar-refractivity contribution in [2.24, 2.45) is 0 Å². The zero-order valence-electron chi connectivity index (χ0n) is 15.0. The highest BCUT2D eigenvalue weighted by molar-refractivity contribution is 5.98. The molecule has 0 unspecified atom stereocenters. The van der Waals surface area contributed by atoms with Crippen molar-refractivity contribution < 1.29 is 19.1 Å². The van der Waals surface area contributed by atoms with Gasteiger partial charge in [-0.3, -0.25) is 0 Å². The Balaban J connectivity index is 1.81. The number of benzene rings is 1. The van der Waals surface area contributed by atoms with Gasteiger partial charge in [0.25, 0.3) is 0 Å². The molecule has 0 atom stereocenters. The third-order valence-corrected chi connectivity index (χ3v) is 4.21. The van der Waals surface area contributed by atoms with Gasteiger partial charge in [0.15, 0.2) is 0 Å². The molecule has 0 spiro atoms. The molecule has 134 valence electrons. The predicted octanol–water partition coefficient (Wildman–Crippen LogP) is 3.03. The second-order valence-electron chi connectivity index (χ2n) is 5.94. The van der Waals surface area contributed by atoms with Crippen molar-refractivity contribution in [2.75, 3.05) is 7.11 Å². The van der Waals surface area contributed by atoms with E-state index in [1.54, 1.807) is 13.8 Å². The molecule has 0 aliphatic rings. The number of nitrogens with one attached hydrogen (secondary N) is 1. The number of H-pyrrole nitrogens is 1. The molecule has 7 heteroatoms. The van der Waals surface area contributed by atoms with Crippen molar-refractivity contribution >= 4 is 23.0 Å². The number of aryl methyl sites for hydroxylation is 2. The fourth-order valence-electron chi connectivity index (χ4n) is 2.83. The SMILES string of the molecule is COC(=O)c1c(C)[nH]c(C(=O)OCc2nc3ccccc3nc2C)c1C. The fraction of sp³-hybridized carbons (Fsp3) is 0.263. The number of nitrogens with zero attached hydrogens (tertiary/aromatic N) is 2. The third-order valence-electron chi connectivity index (χ3n) is 4.21. The minimum Gasteiger partial charge on any atom is -0.465 e. The summed E-state index contributed by atoms with van der Waals surface area (Å²) >= 11 is 0. The Morgan fingerprint density at radius 2 is 1.69 bits per heavy atom. The number of carbonyl (C=O) groups excluding carboxylic acids is 2. The molecule has 7 nitrogen and oxygen atoms in total. The Bertz CT molecular complexity index is 1010. The number of para-hydroxylation sites is 2. The van der Waals surface area contributed by atoms with Crippen LogP contribution >= 0.6 is 0 Å². The van der Waals surface area contributed by atoms with Crippen molar-refractivity contribution in [3.8, 4) is 0 Å². The van der Waals surface area contributed by atoms with E-state index >= 15 is 0 Å². The Kier molecular flexibility index (Phi) is 4.71. The van der Waals surface area contributed by atoms with E-state index in [2.05, 4.69) is 15.0 Å². The molecule has 0 fully saturated rings. The van der Waals surface area contributed by atoms with Gasteiger partial charge in [-0.2, -0.15) is 0 Å². The number of methoxy groups -OCH3 is 1. The van der Waals surface area contributed by atoms with Gasteiger partial charge in [0, 0.05) is 5.69 Å². The number of esters is 2. The zero-order chi connectivity index (χ0) is 18.8. The van der Waals surface area contributed by atoms with Gasteiger partial charge >= 0.3 is 11.9 Å². The van der Waals surface area contributed by atoms with Gasteiger partial charge < -0.3 is 14.5 Å². The molecule has 3 aromatic rings. The predicted molar refractivity (Wildman–Crippen MR) is 95.0 cm³/mol. The van der Waals surface area contributed by atoms with Gasteiger partial charge in [-0.1, -0.05) is 12.1 Å². The Labute approximate surface area is 150 Å². The lowest BCUT2D eigenvalue weighted by atomic mass is 10.1. The summed E-state index contributed by atoms with van der Waals surface area (Å²) in [5.41, 5.74) is 4.46. The van der Waals surface area contributed by atoms with E-state index in [1.807, 2.05) is 31.2 Å². The van der Waals surface area contributed by atoms with Crippen LogP contribution in [0.1, 0.15) is 43.5 Å². The van der Waals surface area contributed by atoms with Gasteiger partial charge in [-0.25, -0.2) is 19.6 Å². The molecule has 0 aliphatic carbocycles. The van der Waals surface area contributed by atoms with E-state index in [4.69, 9.17) is 9.47 Å². The summed E-state index contributed by atoms with van der Waals surface area (Å²) in [5, 5.41) is 0. The van der Waals surface area contributed by atoms with Crippen LogP contribution in [0.3, 0.4) is 0 Å². The highest BCUT2D eigenvalue weighted by Gasteiger charge is 2.23. The van der Waals surface area contributed by atoms with Crippen LogP contribution < -0.4 is 0 Å². The van der Waals surface area contributed by atoms with Crippen LogP contribution in [0, 0.1) is 20.8 Å². The fourth-order valence-corrected chi connectivity index (χ4v) is 2.83. The molecule has 0 saturated carbocycles. The summed E-state index contributed by atoms with van der Waals surface area (Å²) in [6, 6.07) is 7.51. The van der Waals surface area contributed by atoms with Crippen LogP contribution in [0.2, 0.25) is 0 Å². The summed E-state index contributed by atoms with van der Waals surface area (Å²) < 4.78 is 10.1. The van der Waals surface area contributed by atoms with E-state index in [-0.39, 0.29) is 12.3 Å². The summed E-state index contributed by atoms with van der Waals surface area (Å²) in [5.74, 6) is -1.05. The van der Waals surface area contributed by atoms with Crippen molar-refractivity contribution in [3.05, 3.63) is 58.2 Å². The lowest BCUT2D eigenvalue weighted by Gasteiger charge is -2.08. The normalized spacial score (nSPS) is 10.8. The summed E-state index contributed by atoms with van der Waals surface area (Å²) in [6.45, 7) is 5.19. The smallest absolute Gasteiger partial charge is 0.355 e. The minimum absolute atomic E-state index is 0.00638. The number of aromatic amines is 1. The van der Waals surface area contributed by atoms with Crippen LogP contribution in [0.25, 0.3) is 11.0 Å². The molecule has 1 aromatic carbocycles. The average Bonchev–Trinajstić information content (AvgIpc) is 2.93. The largest absolute Gasteiger partial charge is 0.465 e. The number of fused-ring (bicyclic) bond motifs is 1. The first kappa shape index (κ1) is 17.6. The zero-order valence-corrected chi connectivity index (χ0v) is 15.0. The summed E-state index contributed by atoms with van der Waals surface area (Å²) in [6.07, 6.45) is 0. The lowest BCUT2D eigenvalue weighted by Crippen LogP contribution is -2.10. The van der Waals surface area contributed by atoms with Crippen molar-refractivity contribution in [3.63, 3.8) is 0 Å². The lowest BCUT2D eigenvalue weighted by molar-refractivity contribution is 0.0459. The monoisotopic (exact) mass is 353 g/mol. The molecule has 3 rings (SSSR count). The van der Waals surface area contributed by atoms with Crippen LogP contribution in [-0.2, 0) is 16.1 Å². The molecule has 1 N–H and O–H groups in total. The Morgan fingerprint density at radius 1 is 1.04 bits per heavy atom. The van der Waals surface area contributed by atoms with Gasteiger partial charge in [0.2, 0.25) is 0 Å². The third kappa shape index (κ3) is 3.15. The first-order valence-electron chi connectivity index (χ1n) is 8.09. The Hall–Kier alpha value is -3.22. The number of ether oxygens (including phenoxy) is 2. The molecule has 0 aliphatic heterocycles. The second-order valence-corrected chi connectivity index (χ2v) is 5.94. The highest BCUT2D eigenvalue weighted by atomic mass is 16.5. The van der Waals surface area contributed by atoms with Crippen LogP contribution in [0.5, 0.6) is 0 Å². The maximum absolute atomic E-state index is 12.4. The van der Waals surface area contributed by atoms with Crippen molar-refractivity contribution in [1.29, 1.82) is 0 Å². The molecule has 2 heterocycles. The Morgan fingerprint density at radius 3 is 2.35 bits per heavy atom. The van der Waals surface area contributed by atoms with Crippen LogP contribution in [-0.4, -0.2) is 34.0 Å². The molecule has 0 radical (unpaired) electrons. The van der Waals surface area contributed by atoms with Crippen molar-refractivity contribution in [2.45, 2.75) is 27.4 Å². The molecule has 26 heavy (non-hydrogen) atoms. The van der Waals surface area contributed by atoms with Gasteiger partial charge in [0.05, 0.1) is 35.1 Å². The van der Waals surface area contributed by atoms with E-state index in [0.717, 1.165) is 11.0 Å². The number of hydrogen-bond acceptors (Lipinski definition) is 6. The maximum Gasteiger partial charge on any atom is 0.355 e. The number of hydrogen-bond donors (Lipinski definition) is 1. The first-order chi connectivity index (χ1) is 12.4. The van der Waals surface area contributed by atoms with Gasteiger partial charge in [0.1, 0.15) is 12.3 Å². The van der Waals surface area contributed by atoms with E-state index in [9.17, 15) is 9.59 Å². The number of carbonyl (C=O) groups is 2. The first-order valence-corrected chi connectivity index (χ1v) is 8.09. The standard InChI is InChI=1S/C19H19N3O4/c1-10-16(18(23)25-4)12(3)21-17(10)19(24)26-9-15-11(2)20-13-7-5-6-8-14(13)22-15/h5-8,21H,9H2,1-4H3. The second kappa shape index (κ2) is 6.95. The van der Waals surface area contributed by atoms with Gasteiger partial charge in [-0.05, 0) is 38.5 Å². The summed E-state index contributed by atoms with van der Waals surface area (Å²) in [7, 11) is 1.30. The molecular formula is C19H19N3O4. The number of aromatic nitrogens is 3. The average molecular weight is 353 g/mol. The molecule has 0 amide bonds. The molecule has 0 saturated heterocycles. The van der Waals surface area contributed by atoms with Crippen molar-refractivity contribution in [1.82, 2.24) is 15.0 Å². The minimum atomic E-state index is -0.560. The summed E-state index contributed by atoms with van der Waals surface area (Å²) in [4.78, 5) is 36.1. The van der Waals surface area contributed by atoms with E-state index in [1.165, 1.54) is 7.11 Å². The van der Waals surface area contributed by atoms with E-state index in [0.29, 0.717) is 28.2 Å². The number of rotatable bonds is 4.